The summed E-state index contributed by atoms with van der Waals surface area (Å²) in [7, 11) is 0. The highest BCUT2D eigenvalue weighted by Gasteiger charge is 2.33. The molecule has 1 fully saturated rings. The Kier molecular flexibility index (Phi) is 5.25. The summed E-state index contributed by atoms with van der Waals surface area (Å²) >= 11 is 2.31. The zero-order valence-electron chi connectivity index (χ0n) is 11.2. The molecule has 1 saturated carbocycles. The highest BCUT2D eigenvalue weighted by molar-refractivity contribution is 14.1. The molecule has 0 aromatic heterocycles. The summed E-state index contributed by atoms with van der Waals surface area (Å²) in [5, 5.41) is 9.16. The van der Waals surface area contributed by atoms with Gasteiger partial charge in [-0.2, -0.15) is 0 Å². The topological polar surface area (TPSA) is 37.3 Å². The molecular formula is C16H21IO2. The Morgan fingerprint density at radius 2 is 1.79 bits per heavy atom. The van der Waals surface area contributed by atoms with E-state index in [0.29, 0.717) is 6.42 Å². The standard InChI is InChI=1S/C16H21IO2/c17-14-6-4-13(5-7-14)8-11-16(12-15(18)19)9-2-1-3-10-16/h4-7H,1-3,8-12H2,(H,18,19). The molecule has 0 atom stereocenters. The lowest BCUT2D eigenvalue weighted by Gasteiger charge is -2.36. The number of carbonyl (C=O) groups is 1. The molecule has 0 aliphatic heterocycles. The Morgan fingerprint density at radius 3 is 2.37 bits per heavy atom. The van der Waals surface area contributed by atoms with Gasteiger partial charge < -0.3 is 5.11 Å². The summed E-state index contributed by atoms with van der Waals surface area (Å²) in [6.07, 6.45) is 8.19. The second kappa shape index (κ2) is 6.73. The van der Waals surface area contributed by atoms with Gasteiger partial charge >= 0.3 is 5.97 Å². The fraction of sp³-hybridized carbons (Fsp3) is 0.562. The van der Waals surface area contributed by atoms with Crippen LogP contribution in [0.25, 0.3) is 0 Å². The number of benzene rings is 1. The van der Waals surface area contributed by atoms with Crippen LogP contribution in [0.1, 0.15) is 50.5 Å². The lowest BCUT2D eigenvalue weighted by atomic mass is 9.68. The average Bonchev–Trinajstić information content (AvgIpc) is 2.38. The van der Waals surface area contributed by atoms with Gasteiger partial charge in [-0.05, 0) is 71.4 Å². The molecule has 1 aromatic rings. The molecule has 1 aliphatic rings. The molecule has 1 aliphatic carbocycles. The first-order valence-electron chi connectivity index (χ1n) is 7.06. The van der Waals surface area contributed by atoms with E-state index >= 15 is 0 Å². The molecule has 0 spiro atoms. The van der Waals surface area contributed by atoms with Crippen LogP contribution in [-0.4, -0.2) is 11.1 Å². The smallest absolute Gasteiger partial charge is 0.303 e. The number of halogens is 1. The summed E-state index contributed by atoms with van der Waals surface area (Å²) in [4.78, 5) is 11.1. The highest BCUT2D eigenvalue weighted by atomic mass is 127. The number of carboxylic acids is 1. The monoisotopic (exact) mass is 372 g/mol. The van der Waals surface area contributed by atoms with Gasteiger partial charge in [0.05, 0.1) is 6.42 Å². The first-order valence-corrected chi connectivity index (χ1v) is 8.14. The zero-order valence-corrected chi connectivity index (χ0v) is 13.4. The van der Waals surface area contributed by atoms with Gasteiger partial charge in [-0.3, -0.25) is 4.79 Å². The van der Waals surface area contributed by atoms with Crippen LogP contribution < -0.4 is 0 Å². The van der Waals surface area contributed by atoms with Crippen molar-refractivity contribution in [2.24, 2.45) is 5.41 Å². The molecule has 0 saturated heterocycles. The molecule has 3 heteroatoms. The van der Waals surface area contributed by atoms with Crippen molar-refractivity contribution in [2.75, 3.05) is 0 Å². The lowest BCUT2D eigenvalue weighted by Crippen LogP contribution is -2.28. The third-order valence-corrected chi connectivity index (χ3v) is 5.02. The lowest BCUT2D eigenvalue weighted by molar-refractivity contribution is -0.140. The number of aryl methyl sites for hydroxylation is 1. The van der Waals surface area contributed by atoms with E-state index in [0.717, 1.165) is 25.7 Å². The van der Waals surface area contributed by atoms with E-state index in [1.54, 1.807) is 0 Å². The van der Waals surface area contributed by atoms with Crippen molar-refractivity contribution in [3.63, 3.8) is 0 Å². The van der Waals surface area contributed by atoms with Gasteiger partial charge in [0.15, 0.2) is 0 Å². The van der Waals surface area contributed by atoms with Crippen LogP contribution in [0.15, 0.2) is 24.3 Å². The van der Waals surface area contributed by atoms with Gasteiger partial charge in [-0.15, -0.1) is 0 Å². The van der Waals surface area contributed by atoms with Crippen molar-refractivity contribution in [3.05, 3.63) is 33.4 Å². The second-order valence-electron chi connectivity index (χ2n) is 5.76. The van der Waals surface area contributed by atoms with Crippen molar-refractivity contribution >= 4 is 28.6 Å². The van der Waals surface area contributed by atoms with Gasteiger partial charge in [0.1, 0.15) is 0 Å². The zero-order chi connectivity index (χ0) is 13.7. The van der Waals surface area contributed by atoms with Crippen LogP contribution in [0.2, 0.25) is 0 Å². The maximum atomic E-state index is 11.1. The van der Waals surface area contributed by atoms with Gasteiger partial charge in [0.25, 0.3) is 0 Å². The van der Waals surface area contributed by atoms with Crippen molar-refractivity contribution in [1.82, 2.24) is 0 Å². The van der Waals surface area contributed by atoms with Crippen molar-refractivity contribution in [3.8, 4) is 0 Å². The predicted octanol–water partition coefficient (Wildman–Crippen LogP) is 4.65. The predicted molar refractivity (Wildman–Crippen MR) is 85.3 cm³/mol. The Morgan fingerprint density at radius 1 is 1.16 bits per heavy atom. The number of hydrogen-bond donors (Lipinski definition) is 1. The third kappa shape index (κ3) is 4.48. The molecule has 0 radical (unpaired) electrons. The van der Waals surface area contributed by atoms with Crippen LogP contribution in [0.4, 0.5) is 0 Å². The summed E-state index contributed by atoms with van der Waals surface area (Å²) in [6.45, 7) is 0. The highest BCUT2D eigenvalue weighted by Crippen LogP contribution is 2.43. The molecule has 2 nitrogen and oxygen atoms in total. The maximum absolute atomic E-state index is 11.1. The molecule has 1 aromatic carbocycles. The van der Waals surface area contributed by atoms with E-state index in [9.17, 15) is 4.79 Å². The van der Waals surface area contributed by atoms with Crippen LogP contribution in [0, 0.1) is 8.99 Å². The van der Waals surface area contributed by atoms with E-state index in [1.807, 2.05) is 0 Å². The van der Waals surface area contributed by atoms with Gasteiger partial charge in [-0.1, -0.05) is 31.4 Å². The summed E-state index contributed by atoms with van der Waals surface area (Å²) < 4.78 is 1.25. The number of rotatable bonds is 5. The van der Waals surface area contributed by atoms with Crippen molar-refractivity contribution in [2.45, 2.75) is 51.4 Å². The Hall–Kier alpha value is -0.580. The molecule has 2 rings (SSSR count). The van der Waals surface area contributed by atoms with Crippen LogP contribution in [-0.2, 0) is 11.2 Å². The normalized spacial score (nSPS) is 18.2. The van der Waals surface area contributed by atoms with Crippen LogP contribution >= 0.6 is 22.6 Å². The second-order valence-corrected chi connectivity index (χ2v) is 7.00. The van der Waals surface area contributed by atoms with E-state index in [4.69, 9.17) is 5.11 Å². The first kappa shape index (κ1) is 14.8. The van der Waals surface area contributed by atoms with Crippen LogP contribution in [0.3, 0.4) is 0 Å². The summed E-state index contributed by atoms with van der Waals surface area (Å²) in [5.41, 5.74) is 1.38. The molecule has 0 amide bonds. The first-order chi connectivity index (χ1) is 9.10. The number of carboxylic acid groups (broad SMARTS) is 1. The third-order valence-electron chi connectivity index (χ3n) is 4.30. The minimum atomic E-state index is -0.635. The molecule has 0 bridgehead atoms. The van der Waals surface area contributed by atoms with E-state index in [1.165, 1.54) is 28.4 Å². The fourth-order valence-electron chi connectivity index (χ4n) is 3.20. The SMILES string of the molecule is O=C(O)CC1(CCc2ccc(I)cc2)CCCCC1. The van der Waals surface area contributed by atoms with Crippen LogP contribution in [0.5, 0.6) is 0 Å². The van der Waals surface area contributed by atoms with E-state index < -0.39 is 5.97 Å². The Bertz CT molecular complexity index is 419. The molecular weight excluding hydrogens is 351 g/mol. The average molecular weight is 372 g/mol. The Balaban J connectivity index is 1.99. The van der Waals surface area contributed by atoms with E-state index in [-0.39, 0.29) is 5.41 Å². The Labute approximate surface area is 128 Å². The molecule has 0 unspecified atom stereocenters. The molecule has 0 heterocycles. The van der Waals surface area contributed by atoms with Crippen molar-refractivity contribution < 1.29 is 9.90 Å². The minimum absolute atomic E-state index is 0.0487. The van der Waals surface area contributed by atoms with Gasteiger partial charge in [0, 0.05) is 3.57 Å². The number of aliphatic carboxylic acids is 1. The minimum Gasteiger partial charge on any atom is -0.481 e. The van der Waals surface area contributed by atoms with Crippen molar-refractivity contribution in [1.29, 1.82) is 0 Å². The van der Waals surface area contributed by atoms with E-state index in [2.05, 4.69) is 46.9 Å². The van der Waals surface area contributed by atoms with Gasteiger partial charge in [-0.25, -0.2) is 0 Å². The largest absolute Gasteiger partial charge is 0.481 e. The maximum Gasteiger partial charge on any atom is 0.303 e. The number of hydrogen-bond acceptors (Lipinski definition) is 1. The summed E-state index contributed by atoms with van der Waals surface area (Å²) in [6, 6.07) is 8.58. The molecule has 104 valence electrons. The molecule has 19 heavy (non-hydrogen) atoms. The van der Waals surface area contributed by atoms with Gasteiger partial charge in [0.2, 0.25) is 0 Å². The summed E-state index contributed by atoms with van der Waals surface area (Å²) in [5.74, 6) is -0.635. The fourth-order valence-corrected chi connectivity index (χ4v) is 3.56. The quantitative estimate of drug-likeness (QED) is 0.764. The molecule has 1 N–H and O–H groups in total.